The molecule has 2 rings (SSSR count). The van der Waals surface area contributed by atoms with Crippen LogP contribution < -0.4 is 5.32 Å². The number of carbonyl (C=O) groups is 1. The summed E-state index contributed by atoms with van der Waals surface area (Å²) in [5.41, 5.74) is 0.940. The number of hydrogen-bond acceptors (Lipinski definition) is 1. The van der Waals surface area contributed by atoms with Crippen molar-refractivity contribution in [1.29, 1.82) is 0 Å². The highest BCUT2D eigenvalue weighted by molar-refractivity contribution is 5.88. The fourth-order valence-corrected chi connectivity index (χ4v) is 3.31. The summed E-state index contributed by atoms with van der Waals surface area (Å²) >= 11 is 0. The van der Waals surface area contributed by atoms with Crippen molar-refractivity contribution in [3.8, 4) is 0 Å². The summed E-state index contributed by atoms with van der Waals surface area (Å²) in [6.07, 6.45) is 9.15. The number of rotatable bonds is 7. The van der Waals surface area contributed by atoms with Gasteiger partial charge in [0.2, 0.25) is 5.91 Å². The Bertz CT molecular complexity index is 407. The molecule has 0 radical (unpaired) electrons. The van der Waals surface area contributed by atoms with Crippen molar-refractivity contribution in [2.75, 3.05) is 6.54 Å². The van der Waals surface area contributed by atoms with Crippen molar-refractivity contribution in [1.82, 2.24) is 5.32 Å². The molecule has 1 fully saturated rings. The highest BCUT2D eigenvalue weighted by atomic mass is 16.2. The highest BCUT2D eigenvalue weighted by Crippen LogP contribution is 2.41. The summed E-state index contributed by atoms with van der Waals surface area (Å²) in [4.78, 5) is 12.7. The Labute approximate surface area is 123 Å². The van der Waals surface area contributed by atoms with E-state index < -0.39 is 0 Å². The molecule has 0 bridgehead atoms. The number of unbranched alkanes of at least 4 members (excludes halogenated alkanes) is 3. The van der Waals surface area contributed by atoms with Crippen LogP contribution in [0.4, 0.5) is 0 Å². The minimum absolute atomic E-state index is 0.248. The van der Waals surface area contributed by atoms with Gasteiger partial charge in [0.05, 0.1) is 5.41 Å². The SMILES string of the molecule is CCCCCCNC(=O)C1(c2ccccc2)CCCC1. The van der Waals surface area contributed by atoms with E-state index >= 15 is 0 Å². The van der Waals surface area contributed by atoms with E-state index in [1.807, 2.05) is 18.2 Å². The third kappa shape index (κ3) is 3.41. The molecular weight excluding hydrogens is 246 g/mol. The van der Waals surface area contributed by atoms with Gasteiger partial charge in [0.15, 0.2) is 0 Å². The zero-order valence-corrected chi connectivity index (χ0v) is 12.7. The van der Waals surface area contributed by atoms with Crippen LogP contribution in [0.25, 0.3) is 0 Å². The van der Waals surface area contributed by atoms with Gasteiger partial charge in [-0.3, -0.25) is 4.79 Å². The van der Waals surface area contributed by atoms with Crippen LogP contribution in [0.3, 0.4) is 0 Å². The normalized spacial score (nSPS) is 17.1. The number of benzene rings is 1. The number of nitrogens with one attached hydrogen (secondary N) is 1. The average molecular weight is 273 g/mol. The molecule has 1 saturated carbocycles. The van der Waals surface area contributed by atoms with E-state index in [0.717, 1.165) is 38.6 Å². The molecule has 0 aliphatic heterocycles. The Kier molecular flexibility index (Phi) is 5.63. The monoisotopic (exact) mass is 273 g/mol. The lowest BCUT2D eigenvalue weighted by Crippen LogP contribution is -2.42. The lowest BCUT2D eigenvalue weighted by molar-refractivity contribution is -0.126. The fourth-order valence-electron chi connectivity index (χ4n) is 3.31. The maximum atomic E-state index is 12.7. The van der Waals surface area contributed by atoms with Gasteiger partial charge in [-0.25, -0.2) is 0 Å². The molecule has 20 heavy (non-hydrogen) atoms. The summed E-state index contributed by atoms with van der Waals surface area (Å²) in [5.74, 6) is 0.248. The van der Waals surface area contributed by atoms with Crippen molar-refractivity contribution >= 4 is 5.91 Å². The van der Waals surface area contributed by atoms with Gasteiger partial charge in [-0.05, 0) is 24.8 Å². The molecular formula is C18H27NO. The van der Waals surface area contributed by atoms with Crippen LogP contribution in [-0.4, -0.2) is 12.5 Å². The van der Waals surface area contributed by atoms with Gasteiger partial charge in [0.25, 0.3) is 0 Å². The Morgan fingerprint density at radius 1 is 1.10 bits per heavy atom. The van der Waals surface area contributed by atoms with E-state index in [4.69, 9.17) is 0 Å². The average Bonchev–Trinajstić information content (AvgIpc) is 2.99. The lowest BCUT2D eigenvalue weighted by atomic mass is 9.78. The summed E-state index contributed by atoms with van der Waals surface area (Å²) in [6, 6.07) is 10.3. The van der Waals surface area contributed by atoms with Gasteiger partial charge in [0, 0.05) is 6.54 Å². The van der Waals surface area contributed by atoms with Crippen LogP contribution in [0.2, 0.25) is 0 Å². The third-order valence-corrected chi connectivity index (χ3v) is 4.53. The molecule has 0 spiro atoms. The number of carbonyl (C=O) groups excluding carboxylic acids is 1. The first-order valence-corrected chi connectivity index (χ1v) is 8.13. The quantitative estimate of drug-likeness (QED) is 0.741. The van der Waals surface area contributed by atoms with Gasteiger partial charge in [-0.1, -0.05) is 69.4 Å². The first-order valence-electron chi connectivity index (χ1n) is 8.13. The molecule has 0 saturated heterocycles. The number of hydrogen-bond donors (Lipinski definition) is 1. The molecule has 0 aromatic heterocycles. The van der Waals surface area contributed by atoms with Crippen LogP contribution in [0.5, 0.6) is 0 Å². The Hall–Kier alpha value is -1.31. The molecule has 0 unspecified atom stereocenters. The molecule has 0 heterocycles. The first kappa shape index (κ1) is 15.1. The molecule has 1 amide bonds. The van der Waals surface area contributed by atoms with Gasteiger partial charge in [-0.15, -0.1) is 0 Å². The van der Waals surface area contributed by atoms with Crippen molar-refractivity contribution in [2.24, 2.45) is 0 Å². The van der Waals surface area contributed by atoms with E-state index in [1.54, 1.807) is 0 Å². The molecule has 0 atom stereocenters. The minimum atomic E-state index is -0.258. The van der Waals surface area contributed by atoms with E-state index in [2.05, 4.69) is 24.4 Å². The third-order valence-electron chi connectivity index (χ3n) is 4.53. The molecule has 1 aliphatic rings. The second-order valence-corrected chi connectivity index (χ2v) is 5.97. The lowest BCUT2D eigenvalue weighted by Gasteiger charge is -2.28. The van der Waals surface area contributed by atoms with Crippen LogP contribution in [0.1, 0.15) is 63.9 Å². The van der Waals surface area contributed by atoms with E-state index in [9.17, 15) is 4.79 Å². The summed E-state index contributed by atoms with van der Waals surface area (Å²) in [5, 5.41) is 3.18. The van der Waals surface area contributed by atoms with Crippen LogP contribution in [-0.2, 0) is 10.2 Å². The summed E-state index contributed by atoms with van der Waals surface area (Å²) in [6.45, 7) is 3.04. The zero-order chi connectivity index (χ0) is 14.3. The molecule has 110 valence electrons. The second-order valence-electron chi connectivity index (χ2n) is 5.97. The maximum absolute atomic E-state index is 12.7. The van der Waals surface area contributed by atoms with E-state index in [0.29, 0.717) is 0 Å². The van der Waals surface area contributed by atoms with Crippen LogP contribution >= 0.6 is 0 Å². The van der Waals surface area contributed by atoms with Crippen LogP contribution in [0.15, 0.2) is 30.3 Å². The van der Waals surface area contributed by atoms with Gasteiger partial charge in [-0.2, -0.15) is 0 Å². The predicted octanol–water partition coefficient (Wildman–Crippen LogP) is 4.19. The van der Waals surface area contributed by atoms with Crippen molar-refractivity contribution < 1.29 is 4.79 Å². The largest absolute Gasteiger partial charge is 0.355 e. The predicted molar refractivity (Wildman–Crippen MR) is 83.7 cm³/mol. The molecule has 1 aliphatic carbocycles. The highest BCUT2D eigenvalue weighted by Gasteiger charge is 2.42. The van der Waals surface area contributed by atoms with Crippen molar-refractivity contribution in [2.45, 2.75) is 63.7 Å². The van der Waals surface area contributed by atoms with Crippen molar-refractivity contribution in [3.05, 3.63) is 35.9 Å². The van der Waals surface area contributed by atoms with Gasteiger partial charge in [0.1, 0.15) is 0 Å². The Morgan fingerprint density at radius 2 is 1.80 bits per heavy atom. The molecule has 1 aromatic rings. The maximum Gasteiger partial charge on any atom is 0.230 e. The van der Waals surface area contributed by atoms with Crippen molar-refractivity contribution in [3.63, 3.8) is 0 Å². The van der Waals surface area contributed by atoms with E-state index in [-0.39, 0.29) is 11.3 Å². The first-order chi connectivity index (χ1) is 9.79. The van der Waals surface area contributed by atoms with Crippen LogP contribution in [0, 0.1) is 0 Å². The second kappa shape index (κ2) is 7.47. The smallest absolute Gasteiger partial charge is 0.230 e. The molecule has 1 aromatic carbocycles. The molecule has 2 heteroatoms. The van der Waals surface area contributed by atoms with E-state index in [1.165, 1.54) is 24.8 Å². The van der Waals surface area contributed by atoms with Gasteiger partial charge >= 0.3 is 0 Å². The topological polar surface area (TPSA) is 29.1 Å². The zero-order valence-electron chi connectivity index (χ0n) is 12.7. The molecule has 2 nitrogen and oxygen atoms in total. The standard InChI is InChI=1S/C18H27NO/c1-2-3-4-10-15-19-17(20)18(13-8-9-14-18)16-11-6-5-7-12-16/h5-7,11-12H,2-4,8-10,13-15H2,1H3,(H,19,20). The fraction of sp³-hybridized carbons (Fsp3) is 0.611. The van der Waals surface area contributed by atoms with Gasteiger partial charge < -0.3 is 5.32 Å². The molecule has 1 N–H and O–H groups in total. The minimum Gasteiger partial charge on any atom is -0.355 e. The summed E-state index contributed by atoms with van der Waals surface area (Å²) in [7, 11) is 0. The number of amides is 1. The summed E-state index contributed by atoms with van der Waals surface area (Å²) < 4.78 is 0. The Morgan fingerprint density at radius 3 is 2.45 bits per heavy atom. The Balaban J connectivity index is 1.96.